The Bertz CT molecular complexity index is 982. The average Bonchev–Trinajstić information content (AvgIpc) is 2.69. The normalized spacial score (nSPS) is 14.9. The fourth-order valence-corrected chi connectivity index (χ4v) is 3.18. The first kappa shape index (κ1) is 18.2. The van der Waals surface area contributed by atoms with Crippen molar-refractivity contribution >= 4 is 28.4 Å². The highest BCUT2D eigenvalue weighted by molar-refractivity contribution is 5.88. The minimum atomic E-state index is -0.104. The van der Waals surface area contributed by atoms with Crippen molar-refractivity contribution in [3.05, 3.63) is 48.5 Å². The molecule has 0 bridgehead atoms. The first-order valence-electron chi connectivity index (χ1n) is 9.34. The maximum absolute atomic E-state index is 11.2. The molecule has 0 aliphatic carbocycles. The fourth-order valence-electron chi connectivity index (χ4n) is 3.18. The number of amides is 1. The van der Waals surface area contributed by atoms with Crippen LogP contribution in [0.3, 0.4) is 0 Å². The second kappa shape index (κ2) is 7.82. The van der Waals surface area contributed by atoms with Gasteiger partial charge in [-0.25, -0.2) is 4.98 Å². The third kappa shape index (κ3) is 4.04. The summed E-state index contributed by atoms with van der Waals surface area (Å²) in [5, 5.41) is 3.62. The number of aromatic nitrogens is 2. The zero-order valence-electron chi connectivity index (χ0n) is 16.1. The Kier molecular flexibility index (Phi) is 5.08. The molecule has 7 nitrogen and oxygen atoms in total. The number of rotatable bonds is 4. The third-order valence-corrected chi connectivity index (χ3v) is 4.73. The average molecular weight is 377 g/mol. The number of likely N-dealkylation sites (N-methyl/N-ethyl adjacent to an activating group) is 1. The molecule has 4 rings (SSSR count). The van der Waals surface area contributed by atoms with E-state index >= 15 is 0 Å². The lowest BCUT2D eigenvalue weighted by Crippen LogP contribution is -2.45. The van der Waals surface area contributed by atoms with Gasteiger partial charge in [-0.15, -0.1) is 0 Å². The smallest absolute Gasteiger partial charge is 0.231 e. The quantitative estimate of drug-likeness (QED) is 0.753. The Hall–Kier alpha value is -3.19. The van der Waals surface area contributed by atoms with Gasteiger partial charge in [0, 0.05) is 38.8 Å². The van der Waals surface area contributed by atoms with Gasteiger partial charge in [0.15, 0.2) is 0 Å². The highest BCUT2D eigenvalue weighted by atomic mass is 16.5. The van der Waals surface area contributed by atoms with E-state index in [1.54, 1.807) is 0 Å². The van der Waals surface area contributed by atoms with Gasteiger partial charge in [-0.2, -0.15) is 4.98 Å². The van der Waals surface area contributed by atoms with E-state index in [4.69, 9.17) is 14.7 Å². The summed E-state index contributed by atoms with van der Waals surface area (Å²) < 4.78 is 6.10. The molecule has 144 valence electrons. The van der Waals surface area contributed by atoms with Crippen LogP contribution in [-0.2, 0) is 4.79 Å². The van der Waals surface area contributed by atoms with E-state index in [9.17, 15) is 4.79 Å². The number of carbonyl (C=O) groups is 1. The van der Waals surface area contributed by atoms with Gasteiger partial charge >= 0.3 is 0 Å². The molecule has 28 heavy (non-hydrogen) atoms. The molecule has 1 amide bonds. The summed E-state index contributed by atoms with van der Waals surface area (Å²) >= 11 is 0. The Morgan fingerprint density at radius 1 is 1.00 bits per heavy atom. The van der Waals surface area contributed by atoms with Crippen LogP contribution in [0.25, 0.3) is 10.9 Å². The van der Waals surface area contributed by atoms with Gasteiger partial charge in [-0.05, 0) is 43.4 Å². The molecule has 0 saturated carbocycles. The first-order chi connectivity index (χ1) is 13.6. The number of para-hydroxylation sites is 1. The molecule has 1 aromatic heterocycles. The molecule has 0 spiro atoms. The maximum Gasteiger partial charge on any atom is 0.231 e. The monoisotopic (exact) mass is 377 g/mol. The predicted octanol–water partition coefficient (Wildman–Crippen LogP) is 3.13. The van der Waals surface area contributed by atoms with Gasteiger partial charge in [0.05, 0.1) is 10.9 Å². The molecule has 0 radical (unpaired) electrons. The number of nitrogens with zero attached hydrogens (tertiary/aromatic N) is 4. The minimum Gasteiger partial charge on any atom is -0.438 e. The number of anilines is 2. The Balaban J connectivity index is 1.64. The fraction of sp³-hybridized carbons (Fsp3) is 0.286. The summed E-state index contributed by atoms with van der Waals surface area (Å²) in [7, 11) is 2.12. The van der Waals surface area contributed by atoms with Gasteiger partial charge in [0.2, 0.25) is 17.7 Å². The van der Waals surface area contributed by atoms with Crippen LogP contribution in [0.4, 0.5) is 11.6 Å². The topological polar surface area (TPSA) is 70.6 Å². The van der Waals surface area contributed by atoms with E-state index in [0.29, 0.717) is 17.6 Å². The molecule has 1 aliphatic rings. The van der Waals surface area contributed by atoms with Gasteiger partial charge in [0.1, 0.15) is 5.75 Å². The van der Waals surface area contributed by atoms with Crippen LogP contribution >= 0.6 is 0 Å². The van der Waals surface area contributed by atoms with Gasteiger partial charge < -0.3 is 19.9 Å². The number of benzene rings is 2. The van der Waals surface area contributed by atoms with Crippen LogP contribution in [0.1, 0.15) is 6.92 Å². The highest BCUT2D eigenvalue weighted by Gasteiger charge is 2.19. The Labute approximate surface area is 164 Å². The van der Waals surface area contributed by atoms with Crippen molar-refractivity contribution in [3.63, 3.8) is 0 Å². The summed E-state index contributed by atoms with van der Waals surface area (Å²) in [5.74, 6) is 1.78. The summed E-state index contributed by atoms with van der Waals surface area (Å²) in [6, 6.07) is 15.1. The second-order valence-corrected chi connectivity index (χ2v) is 6.94. The van der Waals surface area contributed by atoms with Crippen molar-refractivity contribution in [2.75, 3.05) is 43.4 Å². The van der Waals surface area contributed by atoms with Crippen LogP contribution in [0.5, 0.6) is 11.6 Å². The molecule has 1 aliphatic heterocycles. The second-order valence-electron chi connectivity index (χ2n) is 6.94. The van der Waals surface area contributed by atoms with E-state index in [2.05, 4.69) is 22.2 Å². The molecule has 3 aromatic rings. The summed E-state index contributed by atoms with van der Waals surface area (Å²) in [6.45, 7) is 5.23. The van der Waals surface area contributed by atoms with Crippen LogP contribution < -0.4 is 15.0 Å². The number of hydrogen-bond acceptors (Lipinski definition) is 6. The minimum absolute atomic E-state index is 0.104. The largest absolute Gasteiger partial charge is 0.438 e. The SMILES string of the molecule is CC(=O)Nc1ccc(Oc2nc(N3CCN(C)CC3)nc3ccccc23)cc1. The van der Waals surface area contributed by atoms with Crippen molar-refractivity contribution in [2.24, 2.45) is 0 Å². The number of nitrogens with one attached hydrogen (secondary N) is 1. The van der Waals surface area contributed by atoms with Crippen LogP contribution in [0.2, 0.25) is 0 Å². The van der Waals surface area contributed by atoms with E-state index in [-0.39, 0.29) is 5.91 Å². The molecular formula is C21H23N5O2. The van der Waals surface area contributed by atoms with E-state index in [1.165, 1.54) is 6.92 Å². The maximum atomic E-state index is 11.2. The molecule has 2 heterocycles. The Morgan fingerprint density at radius 3 is 2.43 bits per heavy atom. The van der Waals surface area contributed by atoms with Crippen molar-refractivity contribution in [1.82, 2.24) is 14.9 Å². The van der Waals surface area contributed by atoms with E-state index in [1.807, 2.05) is 48.5 Å². The standard InChI is InChI=1S/C21H23N5O2/c1-15(27)22-16-7-9-17(10-8-16)28-20-18-5-3-4-6-19(18)23-21(24-20)26-13-11-25(2)12-14-26/h3-10H,11-14H2,1-2H3,(H,22,27). The van der Waals surface area contributed by atoms with Crippen LogP contribution in [0, 0.1) is 0 Å². The van der Waals surface area contributed by atoms with Crippen molar-refractivity contribution < 1.29 is 9.53 Å². The van der Waals surface area contributed by atoms with E-state index < -0.39 is 0 Å². The summed E-state index contributed by atoms with van der Waals surface area (Å²) in [5.41, 5.74) is 1.59. The molecule has 1 N–H and O–H groups in total. The molecule has 7 heteroatoms. The van der Waals surface area contributed by atoms with Crippen LogP contribution in [-0.4, -0.2) is 54.0 Å². The lowest BCUT2D eigenvalue weighted by atomic mass is 10.2. The predicted molar refractivity (Wildman–Crippen MR) is 110 cm³/mol. The number of carbonyl (C=O) groups excluding carboxylic acids is 1. The van der Waals surface area contributed by atoms with Gasteiger partial charge in [-0.1, -0.05) is 12.1 Å². The molecular weight excluding hydrogens is 354 g/mol. The Morgan fingerprint density at radius 2 is 1.71 bits per heavy atom. The number of hydrogen-bond donors (Lipinski definition) is 1. The molecule has 2 aromatic carbocycles. The highest BCUT2D eigenvalue weighted by Crippen LogP contribution is 2.30. The molecule has 0 unspecified atom stereocenters. The number of fused-ring (bicyclic) bond motifs is 1. The lowest BCUT2D eigenvalue weighted by Gasteiger charge is -2.32. The van der Waals surface area contributed by atoms with Gasteiger partial charge in [-0.3, -0.25) is 4.79 Å². The summed E-state index contributed by atoms with van der Waals surface area (Å²) in [4.78, 5) is 25.1. The number of piperazine rings is 1. The first-order valence-corrected chi connectivity index (χ1v) is 9.34. The van der Waals surface area contributed by atoms with Crippen LogP contribution in [0.15, 0.2) is 48.5 Å². The van der Waals surface area contributed by atoms with Gasteiger partial charge in [0.25, 0.3) is 0 Å². The third-order valence-electron chi connectivity index (χ3n) is 4.73. The molecule has 0 atom stereocenters. The van der Waals surface area contributed by atoms with Crippen molar-refractivity contribution in [3.8, 4) is 11.6 Å². The zero-order chi connectivity index (χ0) is 19.5. The van der Waals surface area contributed by atoms with Crippen molar-refractivity contribution in [2.45, 2.75) is 6.92 Å². The van der Waals surface area contributed by atoms with Crippen molar-refractivity contribution in [1.29, 1.82) is 0 Å². The summed E-state index contributed by atoms with van der Waals surface area (Å²) in [6.07, 6.45) is 0. The lowest BCUT2D eigenvalue weighted by molar-refractivity contribution is -0.114. The molecule has 1 fully saturated rings. The molecule has 1 saturated heterocycles. The zero-order valence-corrected chi connectivity index (χ0v) is 16.1. The number of ether oxygens (including phenoxy) is 1. The van der Waals surface area contributed by atoms with E-state index in [0.717, 1.165) is 42.8 Å².